The Labute approximate surface area is 159 Å². The first-order chi connectivity index (χ1) is 12.9. The van der Waals surface area contributed by atoms with Gasteiger partial charge in [0.2, 0.25) is 5.91 Å². The van der Waals surface area contributed by atoms with Gasteiger partial charge in [0.05, 0.1) is 5.92 Å². The van der Waals surface area contributed by atoms with Gasteiger partial charge in [0, 0.05) is 36.4 Å². The number of likely N-dealkylation sites (tertiary alicyclic amines) is 1. The van der Waals surface area contributed by atoms with Crippen molar-refractivity contribution in [2.45, 2.75) is 51.6 Å². The van der Waals surface area contributed by atoms with Gasteiger partial charge in [-0.05, 0) is 57.7 Å². The van der Waals surface area contributed by atoms with Crippen LogP contribution >= 0.6 is 0 Å². The summed E-state index contributed by atoms with van der Waals surface area (Å²) < 4.78 is 0. The molecule has 2 fully saturated rings. The molecule has 4 amide bonds. The minimum Gasteiger partial charge on any atom is -0.353 e. The SMILES string of the molecule is CC(C)NC(=O)Nc1cccc(C(=O)N2CCCC(C(=O)NC3CC3)C2)c1. The molecule has 1 saturated heterocycles. The van der Waals surface area contributed by atoms with Gasteiger partial charge in [-0.15, -0.1) is 0 Å². The quantitative estimate of drug-likeness (QED) is 0.741. The molecule has 0 radical (unpaired) electrons. The number of rotatable bonds is 5. The summed E-state index contributed by atoms with van der Waals surface area (Å²) in [5, 5.41) is 8.53. The molecule has 0 bridgehead atoms. The van der Waals surface area contributed by atoms with Crippen molar-refractivity contribution in [3.05, 3.63) is 29.8 Å². The summed E-state index contributed by atoms with van der Waals surface area (Å²) in [4.78, 5) is 38.8. The Morgan fingerprint density at radius 2 is 1.93 bits per heavy atom. The summed E-state index contributed by atoms with van der Waals surface area (Å²) in [5.41, 5.74) is 1.08. The number of carbonyl (C=O) groups is 3. The van der Waals surface area contributed by atoms with Crippen molar-refractivity contribution in [1.29, 1.82) is 0 Å². The minimum atomic E-state index is -0.301. The smallest absolute Gasteiger partial charge is 0.319 e. The van der Waals surface area contributed by atoms with Gasteiger partial charge in [-0.3, -0.25) is 9.59 Å². The van der Waals surface area contributed by atoms with Crippen molar-refractivity contribution in [3.8, 4) is 0 Å². The molecular weight excluding hydrogens is 344 g/mol. The molecule has 1 atom stereocenters. The second kappa shape index (κ2) is 8.41. The third-order valence-electron chi connectivity index (χ3n) is 4.79. The van der Waals surface area contributed by atoms with Crippen LogP contribution in [0.25, 0.3) is 0 Å². The molecule has 7 nitrogen and oxygen atoms in total. The van der Waals surface area contributed by atoms with E-state index < -0.39 is 0 Å². The highest BCUT2D eigenvalue weighted by Gasteiger charge is 2.32. The van der Waals surface area contributed by atoms with Gasteiger partial charge < -0.3 is 20.9 Å². The van der Waals surface area contributed by atoms with E-state index in [1.54, 1.807) is 29.2 Å². The Morgan fingerprint density at radius 1 is 1.15 bits per heavy atom. The maximum atomic E-state index is 12.9. The van der Waals surface area contributed by atoms with Crippen molar-refractivity contribution in [2.24, 2.45) is 5.92 Å². The normalized spacial score (nSPS) is 19.5. The molecule has 1 heterocycles. The summed E-state index contributed by atoms with van der Waals surface area (Å²) in [6, 6.07) is 6.98. The highest BCUT2D eigenvalue weighted by molar-refractivity contribution is 5.97. The van der Waals surface area contributed by atoms with Crippen LogP contribution in [-0.2, 0) is 4.79 Å². The van der Waals surface area contributed by atoms with Gasteiger partial charge >= 0.3 is 6.03 Å². The molecule has 0 aromatic heterocycles. The van der Waals surface area contributed by atoms with E-state index in [1.165, 1.54) is 0 Å². The van der Waals surface area contributed by atoms with Crippen LogP contribution in [0.2, 0.25) is 0 Å². The van der Waals surface area contributed by atoms with Gasteiger partial charge in [0.1, 0.15) is 0 Å². The standard InChI is InChI=1S/C20H28N4O3/c1-13(2)21-20(27)23-17-7-3-5-14(11-17)19(26)24-10-4-6-15(12-24)18(25)22-16-8-9-16/h3,5,7,11,13,15-16H,4,6,8-10,12H2,1-2H3,(H,22,25)(H2,21,23,27). The molecule has 1 aromatic carbocycles. The zero-order chi connectivity index (χ0) is 19.4. The average Bonchev–Trinajstić information content (AvgIpc) is 3.44. The van der Waals surface area contributed by atoms with Crippen LogP contribution in [0.15, 0.2) is 24.3 Å². The molecule has 0 spiro atoms. The Balaban J connectivity index is 1.61. The number of anilines is 1. The average molecular weight is 372 g/mol. The third kappa shape index (κ3) is 5.45. The van der Waals surface area contributed by atoms with E-state index in [1.807, 2.05) is 13.8 Å². The molecule has 3 N–H and O–H groups in total. The van der Waals surface area contributed by atoms with Crippen LogP contribution in [0.4, 0.5) is 10.5 Å². The Morgan fingerprint density at radius 3 is 2.63 bits per heavy atom. The minimum absolute atomic E-state index is 0.0295. The molecule has 27 heavy (non-hydrogen) atoms. The molecule has 7 heteroatoms. The lowest BCUT2D eigenvalue weighted by Crippen LogP contribution is -2.45. The zero-order valence-electron chi connectivity index (χ0n) is 16.0. The van der Waals surface area contributed by atoms with Crippen molar-refractivity contribution in [2.75, 3.05) is 18.4 Å². The van der Waals surface area contributed by atoms with E-state index in [0.717, 1.165) is 25.7 Å². The fourth-order valence-corrected chi connectivity index (χ4v) is 3.26. The Bertz CT molecular complexity index is 715. The number of nitrogens with one attached hydrogen (secondary N) is 3. The monoisotopic (exact) mass is 372 g/mol. The molecular formula is C20H28N4O3. The molecule has 1 aromatic rings. The van der Waals surface area contributed by atoms with Crippen molar-refractivity contribution in [1.82, 2.24) is 15.5 Å². The molecule has 146 valence electrons. The summed E-state index contributed by atoms with van der Waals surface area (Å²) >= 11 is 0. The number of carbonyl (C=O) groups excluding carboxylic acids is 3. The fourth-order valence-electron chi connectivity index (χ4n) is 3.26. The fraction of sp³-hybridized carbons (Fsp3) is 0.550. The highest BCUT2D eigenvalue weighted by Crippen LogP contribution is 2.23. The predicted molar refractivity (Wildman–Crippen MR) is 104 cm³/mol. The number of benzene rings is 1. The molecule has 1 aliphatic heterocycles. The van der Waals surface area contributed by atoms with E-state index in [-0.39, 0.29) is 29.8 Å². The summed E-state index contributed by atoms with van der Waals surface area (Å²) in [7, 11) is 0. The van der Waals surface area contributed by atoms with E-state index >= 15 is 0 Å². The lowest BCUT2D eigenvalue weighted by Gasteiger charge is -2.32. The number of amides is 4. The topological polar surface area (TPSA) is 90.5 Å². The van der Waals surface area contributed by atoms with Crippen LogP contribution in [0, 0.1) is 5.92 Å². The molecule has 1 saturated carbocycles. The predicted octanol–water partition coefficient (Wildman–Crippen LogP) is 2.35. The first kappa shape index (κ1) is 19.2. The first-order valence-electron chi connectivity index (χ1n) is 9.69. The Kier molecular flexibility index (Phi) is 5.98. The molecule has 1 aliphatic carbocycles. The lowest BCUT2D eigenvalue weighted by atomic mass is 9.96. The maximum absolute atomic E-state index is 12.9. The Hall–Kier alpha value is -2.57. The number of piperidine rings is 1. The van der Waals surface area contributed by atoms with Crippen LogP contribution in [0.3, 0.4) is 0 Å². The van der Waals surface area contributed by atoms with Gasteiger partial charge in [-0.25, -0.2) is 4.79 Å². The van der Waals surface area contributed by atoms with E-state index in [9.17, 15) is 14.4 Å². The summed E-state index contributed by atoms with van der Waals surface area (Å²) in [6.07, 6.45) is 3.76. The first-order valence-corrected chi connectivity index (χ1v) is 9.69. The highest BCUT2D eigenvalue weighted by atomic mass is 16.2. The zero-order valence-corrected chi connectivity index (χ0v) is 16.0. The van der Waals surface area contributed by atoms with Crippen molar-refractivity contribution < 1.29 is 14.4 Å². The molecule has 3 rings (SSSR count). The lowest BCUT2D eigenvalue weighted by molar-refractivity contribution is -0.126. The second-order valence-electron chi connectivity index (χ2n) is 7.71. The van der Waals surface area contributed by atoms with E-state index in [2.05, 4.69) is 16.0 Å². The van der Waals surface area contributed by atoms with Gasteiger partial charge in [0.25, 0.3) is 5.91 Å². The van der Waals surface area contributed by atoms with Crippen LogP contribution in [0.5, 0.6) is 0 Å². The number of nitrogens with zero attached hydrogens (tertiary/aromatic N) is 1. The summed E-state index contributed by atoms with van der Waals surface area (Å²) in [5.74, 6) is -0.177. The van der Waals surface area contributed by atoms with Gasteiger partial charge in [-0.1, -0.05) is 6.07 Å². The molecule has 1 unspecified atom stereocenters. The number of hydrogen-bond acceptors (Lipinski definition) is 3. The van der Waals surface area contributed by atoms with E-state index in [4.69, 9.17) is 0 Å². The van der Waals surface area contributed by atoms with Crippen molar-refractivity contribution in [3.63, 3.8) is 0 Å². The van der Waals surface area contributed by atoms with Gasteiger partial charge in [0.15, 0.2) is 0 Å². The third-order valence-corrected chi connectivity index (χ3v) is 4.79. The van der Waals surface area contributed by atoms with Crippen LogP contribution < -0.4 is 16.0 Å². The van der Waals surface area contributed by atoms with Crippen LogP contribution in [-0.4, -0.2) is 47.9 Å². The number of urea groups is 1. The summed E-state index contributed by atoms with van der Waals surface area (Å²) in [6.45, 7) is 4.86. The second-order valence-corrected chi connectivity index (χ2v) is 7.71. The molecule has 2 aliphatic rings. The van der Waals surface area contributed by atoms with E-state index in [0.29, 0.717) is 30.4 Å². The van der Waals surface area contributed by atoms with Crippen molar-refractivity contribution >= 4 is 23.5 Å². The van der Waals surface area contributed by atoms with Gasteiger partial charge in [-0.2, -0.15) is 0 Å². The number of hydrogen-bond donors (Lipinski definition) is 3. The maximum Gasteiger partial charge on any atom is 0.319 e. The largest absolute Gasteiger partial charge is 0.353 e. The van der Waals surface area contributed by atoms with Crippen LogP contribution in [0.1, 0.15) is 49.9 Å².